The van der Waals surface area contributed by atoms with Crippen molar-refractivity contribution in [3.63, 3.8) is 0 Å². The third-order valence-electron chi connectivity index (χ3n) is 6.18. The summed E-state index contributed by atoms with van der Waals surface area (Å²) < 4.78 is 5.67. The summed E-state index contributed by atoms with van der Waals surface area (Å²) in [5.74, 6) is -0.0653. The zero-order chi connectivity index (χ0) is 21.3. The molecule has 2 atom stereocenters. The molecule has 0 saturated heterocycles. The summed E-state index contributed by atoms with van der Waals surface area (Å²) in [7, 11) is 0. The monoisotopic (exact) mass is 413 g/mol. The molecule has 1 saturated carbocycles. The summed E-state index contributed by atoms with van der Waals surface area (Å²) in [6.45, 7) is 2.15. The number of hydrogen-bond donors (Lipinski definition) is 0. The lowest BCUT2D eigenvalue weighted by atomic mass is 9.84. The lowest BCUT2D eigenvalue weighted by Gasteiger charge is -2.37. The quantitative estimate of drug-likeness (QED) is 0.425. The molecule has 31 heavy (non-hydrogen) atoms. The van der Waals surface area contributed by atoms with E-state index in [0.717, 1.165) is 44.3 Å². The largest absolute Gasteiger partial charge is 0.461 e. The minimum atomic E-state index is -0.0482. The van der Waals surface area contributed by atoms with Gasteiger partial charge < -0.3 is 4.74 Å². The zero-order valence-corrected chi connectivity index (χ0v) is 18.0. The average Bonchev–Trinajstić information content (AvgIpc) is 2.84. The second-order valence-electron chi connectivity index (χ2n) is 8.49. The van der Waals surface area contributed by atoms with Gasteiger partial charge in [0.15, 0.2) is 0 Å². The minimum absolute atomic E-state index is 0.0171. The highest BCUT2D eigenvalue weighted by atomic mass is 16.5. The predicted octanol–water partition coefficient (Wildman–Crippen LogP) is 5.99. The van der Waals surface area contributed by atoms with Gasteiger partial charge in [-0.2, -0.15) is 0 Å². The van der Waals surface area contributed by atoms with Crippen molar-refractivity contribution in [2.75, 3.05) is 0 Å². The fraction of sp³-hybridized carbons (Fsp3) is 0.321. The maximum absolute atomic E-state index is 12.8. The molecule has 0 unspecified atom stereocenters. The number of carbonyl (C=O) groups is 1. The van der Waals surface area contributed by atoms with Gasteiger partial charge in [-0.25, -0.2) is 0 Å². The molecule has 160 valence electrons. The van der Waals surface area contributed by atoms with E-state index in [0.29, 0.717) is 12.6 Å². The molecule has 0 radical (unpaired) electrons. The standard InChI is InChI=1S/C28H31NO2/c30-28(31-22-25-15-8-3-9-16-25)26-17-10-18-27(19-26)29(20-23-11-4-1-5-12-23)21-24-13-6-2-7-14-24/h1-9,11-16,26-27H,10,17-22H2/t26-,27+/m1/s1. The van der Waals surface area contributed by atoms with E-state index in [1.807, 2.05) is 30.3 Å². The van der Waals surface area contributed by atoms with Crippen LogP contribution in [0.2, 0.25) is 0 Å². The lowest BCUT2D eigenvalue weighted by Crippen LogP contribution is -2.40. The number of ether oxygens (including phenoxy) is 1. The van der Waals surface area contributed by atoms with Crippen molar-refractivity contribution in [3.8, 4) is 0 Å². The highest BCUT2D eigenvalue weighted by Gasteiger charge is 2.31. The topological polar surface area (TPSA) is 29.5 Å². The maximum atomic E-state index is 12.8. The summed E-state index contributed by atoms with van der Waals surface area (Å²) in [4.78, 5) is 15.4. The van der Waals surface area contributed by atoms with Crippen LogP contribution >= 0.6 is 0 Å². The molecule has 0 aromatic heterocycles. The van der Waals surface area contributed by atoms with Gasteiger partial charge in [0.2, 0.25) is 0 Å². The summed E-state index contributed by atoms with van der Waals surface area (Å²) in [5, 5.41) is 0. The van der Waals surface area contributed by atoms with Crippen molar-refractivity contribution < 1.29 is 9.53 Å². The van der Waals surface area contributed by atoms with Gasteiger partial charge in [-0.05, 0) is 36.0 Å². The molecule has 0 spiro atoms. The molecular weight excluding hydrogens is 382 g/mol. The molecule has 3 heteroatoms. The SMILES string of the molecule is O=C(OCc1ccccc1)[C@@H]1CCC[C@H](N(Cc2ccccc2)Cc2ccccc2)C1. The van der Waals surface area contributed by atoms with Crippen LogP contribution in [0.4, 0.5) is 0 Å². The third-order valence-corrected chi connectivity index (χ3v) is 6.18. The predicted molar refractivity (Wildman–Crippen MR) is 124 cm³/mol. The van der Waals surface area contributed by atoms with E-state index in [-0.39, 0.29) is 11.9 Å². The van der Waals surface area contributed by atoms with E-state index in [1.165, 1.54) is 11.1 Å². The Morgan fingerprint density at radius 2 is 1.26 bits per heavy atom. The first-order chi connectivity index (χ1) is 15.3. The summed E-state index contributed by atoms with van der Waals surface area (Å²) >= 11 is 0. The van der Waals surface area contributed by atoms with Crippen LogP contribution in [0.5, 0.6) is 0 Å². The first-order valence-corrected chi connectivity index (χ1v) is 11.3. The van der Waals surface area contributed by atoms with E-state index in [1.54, 1.807) is 0 Å². The zero-order valence-electron chi connectivity index (χ0n) is 18.0. The van der Waals surface area contributed by atoms with Crippen LogP contribution in [-0.4, -0.2) is 16.9 Å². The highest BCUT2D eigenvalue weighted by molar-refractivity contribution is 5.72. The maximum Gasteiger partial charge on any atom is 0.309 e. The normalized spacial score (nSPS) is 18.6. The van der Waals surface area contributed by atoms with Crippen LogP contribution < -0.4 is 0 Å². The molecule has 0 aliphatic heterocycles. The van der Waals surface area contributed by atoms with E-state index in [9.17, 15) is 4.79 Å². The van der Waals surface area contributed by atoms with Gasteiger partial charge in [-0.15, -0.1) is 0 Å². The molecule has 1 aliphatic carbocycles. The van der Waals surface area contributed by atoms with E-state index >= 15 is 0 Å². The van der Waals surface area contributed by atoms with E-state index in [4.69, 9.17) is 4.74 Å². The smallest absolute Gasteiger partial charge is 0.309 e. The van der Waals surface area contributed by atoms with Crippen LogP contribution in [0, 0.1) is 5.92 Å². The van der Waals surface area contributed by atoms with Crippen LogP contribution in [0.3, 0.4) is 0 Å². The molecule has 0 N–H and O–H groups in total. The molecule has 3 aromatic carbocycles. The summed E-state index contributed by atoms with van der Waals surface area (Å²) in [6, 6.07) is 31.6. The Labute approximate surface area is 185 Å². The van der Waals surface area contributed by atoms with Gasteiger partial charge in [0, 0.05) is 19.1 Å². The van der Waals surface area contributed by atoms with Crippen LogP contribution in [0.1, 0.15) is 42.4 Å². The Morgan fingerprint density at radius 1 is 0.742 bits per heavy atom. The van der Waals surface area contributed by atoms with Crippen molar-refractivity contribution in [3.05, 3.63) is 108 Å². The second kappa shape index (κ2) is 10.9. The van der Waals surface area contributed by atoms with E-state index in [2.05, 4.69) is 65.6 Å². The van der Waals surface area contributed by atoms with Gasteiger partial charge >= 0.3 is 5.97 Å². The van der Waals surface area contributed by atoms with Crippen LogP contribution in [-0.2, 0) is 29.2 Å². The number of benzene rings is 3. The Hall–Kier alpha value is -2.91. The van der Waals surface area contributed by atoms with Crippen molar-refractivity contribution in [2.45, 2.75) is 51.4 Å². The first kappa shape index (κ1) is 21.3. The molecule has 4 rings (SSSR count). The minimum Gasteiger partial charge on any atom is -0.461 e. The summed E-state index contributed by atoms with van der Waals surface area (Å²) in [6.07, 6.45) is 3.99. The van der Waals surface area contributed by atoms with Crippen LogP contribution in [0.25, 0.3) is 0 Å². The molecule has 3 nitrogen and oxygen atoms in total. The second-order valence-corrected chi connectivity index (χ2v) is 8.49. The van der Waals surface area contributed by atoms with Crippen LogP contribution in [0.15, 0.2) is 91.0 Å². The highest BCUT2D eigenvalue weighted by Crippen LogP contribution is 2.31. The molecular formula is C28H31NO2. The third kappa shape index (κ3) is 6.28. The first-order valence-electron chi connectivity index (χ1n) is 11.3. The van der Waals surface area contributed by atoms with Crippen molar-refractivity contribution in [1.82, 2.24) is 4.90 Å². The van der Waals surface area contributed by atoms with Crippen molar-refractivity contribution in [1.29, 1.82) is 0 Å². The number of hydrogen-bond acceptors (Lipinski definition) is 3. The van der Waals surface area contributed by atoms with Gasteiger partial charge in [-0.3, -0.25) is 9.69 Å². The van der Waals surface area contributed by atoms with Gasteiger partial charge in [0.25, 0.3) is 0 Å². The molecule has 1 aliphatic rings. The Bertz CT molecular complexity index is 886. The number of rotatable bonds is 8. The number of carbonyl (C=O) groups excluding carboxylic acids is 1. The summed E-state index contributed by atoms with van der Waals surface area (Å²) in [5.41, 5.74) is 3.66. The van der Waals surface area contributed by atoms with Crippen molar-refractivity contribution >= 4 is 5.97 Å². The van der Waals surface area contributed by atoms with Gasteiger partial charge in [0.1, 0.15) is 6.61 Å². The average molecular weight is 414 g/mol. The molecule has 0 amide bonds. The van der Waals surface area contributed by atoms with Gasteiger partial charge in [-0.1, -0.05) is 97.4 Å². The Kier molecular flexibility index (Phi) is 7.51. The lowest BCUT2D eigenvalue weighted by molar-refractivity contribution is -0.151. The molecule has 1 fully saturated rings. The van der Waals surface area contributed by atoms with E-state index < -0.39 is 0 Å². The fourth-order valence-corrected chi connectivity index (χ4v) is 4.51. The number of nitrogens with zero attached hydrogens (tertiary/aromatic N) is 1. The number of esters is 1. The van der Waals surface area contributed by atoms with Gasteiger partial charge in [0.05, 0.1) is 5.92 Å². The molecule has 0 bridgehead atoms. The van der Waals surface area contributed by atoms with Crippen molar-refractivity contribution in [2.24, 2.45) is 5.92 Å². The fourth-order valence-electron chi connectivity index (χ4n) is 4.51. The Balaban J connectivity index is 1.42. The molecule has 0 heterocycles. The molecule has 3 aromatic rings. The Morgan fingerprint density at radius 3 is 1.81 bits per heavy atom.